The van der Waals surface area contributed by atoms with E-state index in [1.807, 2.05) is 0 Å². The Balaban J connectivity index is 2.23. The van der Waals surface area contributed by atoms with Gasteiger partial charge in [0.15, 0.2) is 5.78 Å². The van der Waals surface area contributed by atoms with Crippen LogP contribution in [0.2, 0.25) is 0 Å². The summed E-state index contributed by atoms with van der Waals surface area (Å²) in [5, 5.41) is 2.58. The van der Waals surface area contributed by atoms with Gasteiger partial charge in [-0.15, -0.1) is 0 Å². The summed E-state index contributed by atoms with van der Waals surface area (Å²) in [4.78, 5) is 37.1. The zero-order valence-electron chi connectivity index (χ0n) is 10.8. The predicted octanol–water partition coefficient (Wildman–Crippen LogP) is 1.57. The van der Waals surface area contributed by atoms with Crippen LogP contribution in [0.25, 0.3) is 0 Å². The predicted molar refractivity (Wildman–Crippen MR) is 73.7 cm³/mol. The van der Waals surface area contributed by atoms with Crippen LogP contribution in [0.15, 0.2) is 36.4 Å². The number of amides is 2. The molecule has 0 aliphatic heterocycles. The summed E-state index contributed by atoms with van der Waals surface area (Å²) < 4.78 is 0. The molecule has 2 amide bonds. The molecule has 0 spiro atoms. The number of ketones is 1. The first-order chi connectivity index (χ1) is 9.49. The van der Waals surface area contributed by atoms with E-state index < -0.39 is 11.8 Å². The number of aromatic nitrogens is 1. The van der Waals surface area contributed by atoms with Crippen LogP contribution in [0.4, 0.5) is 5.69 Å². The number of nitrogens with two attached hydrogens (primary N) is 1. The number of Topliss-reactive ketones (excluding diaryl/α,β-unsaturated/α-hetero) is 1. The van der Waals surface area contributed by atoms with Crippen LogP contribution in [0.3, 0.4) is 0 Å². The van der Waals surface area contributed by atoms with Crippen molar-refractivity contribution < 1.29 is 14.4 Å². The molecule has 6 heteroatoms. The summed E-state index contributed by atoms with van der Waals surface area (Å²) in [5.74, 6) is -1.25. The Hall–Kier alpha value is -2.89. The highest BCUT2D eigenvalue weighted by Gasteiger charge is 2.13. The number of nitrogens with one attached hydrogen (secondary N) is 2. The largest absolute Gasteiger partial charge is 0.366 e. The van der Waals surface area contributed by atoms with Gasteiger partial charge in [-0.25, -0.2) is 0 Å². The third-order valence-corrected chi connectivity index (χ3v) is 2.75. The van der Waals surface area contributed by atoms with Crippen LogP contribution in [-0.4, -0.2) is 22.6 Å². The van der Waals surface area contributed by atoms with Gasteiger partial charge in [-0.05, 0) is 24.3 Å². The van der Waals surface area contributed by atoms with Crippen molar-refractivity contribution in [3.8, 4) is 0 Å². The monoisotopic (exact) mass is 271 g/mol. The van der Waals surface area contributed by atoms with E-state index in [0.717, 1.165) is 0 Å². The molecule has 0 unspecified atom stereocenters. The second-order valence-electron chi connectivity index (χ2n) is 4.21. The van der Waals surface area contributed by atoms with Gasteiger partial charge in [0, 0.05) is 6.92 Å². The second kappa shape index (κ2) is 5.40. The summed E-state index contributed by atoms with van der Waals surface area (Å²) in [6, 6.07) is 9.45. The van der Waals surface area contributed by atoms with Gasteiger partial charge in [0.2, 0.25) is 0 Å². The maximum atomic E-state index is 12.0. The Morgan fingerprint density at radius 2 is 1.70 bits per heavy atom. The average molecular weight is 271 g/mol. The molecular weight excluding hydrogens is 258 g/mol. The molecule has 0 aliphatic rings. The minimum Gasteiger partial charge on any atom is -0.366 e. The Morgan fingerprint density at radius 3 is 2.30 bits per heavy atom. The number of carbonyl (C=O) groups excluding carboxylic acids is 3. The highest BCUT2D eigenvalue weighted by atomic mass is 16.2. The van der Waals surface area contributed by atoms with E-state index in [4.69, 9.17) is 5.73 Å². The molecule has 102 valence electrons. The molecule has 0 aliphatic carbocycles. The standard InChI is InChI=1S/C14H13N3O3/c1-8(18)10-6-7-12(16-10)14(20)17-11-5-3-2-4-9(11)13(15)19/h2-7,16H,1H3,(H2,15,19)(H,17,20). The van der Waals surface area contributed by atoms with E-state index >= 15 is 0 Å². The maximum Gasteiger partial charge on any atom is 0.272 e. The zero-order valence-corrected chi connectivity index (χ0v) is 10.8. The third-order valence-electron chi connectivity index (χ3n) is 2.75. The summed E-state index contributed by atoms with van der Waals surface area (Å²) in [6.45, 7) is 1.40. The summed E-state index contributed by atoms with van der Waals surface area (Å²) in [6.07, 6.45) is 0. The van der Waals surface area contributed by atoms with Gasteiger partial charge < -0.3 is 16.0 Å². The molecule has 4 N–H and O–H groups in total. The first kappa shape index (κ1) is 13.5. The lowest BCUT2D eigenvalue weighted by atomic mass is 10.1. The first-order valence-corrected chi connectivity index (χ1v) is 5.89. The summed E-state index contributed by atoms with van der Waals surface area (Å²) in [7, 11) is 0. The molecule has 0 bridgehead atoms. The highest BCUT2D eigenvalue weighted by molar-refractivity contribution is 6.08. The Kier molecular flexibility index (Phi) is 3.65. The van der Waals surface area contributed by atoms with E-state index in [1.165, 1.54) is 25.1 Å². The van der Waals surface area contributed by atoms with Crippen LogP contribution >= 0.6 is 0 Å². The fourth-order valence-electron chi connectivity index (χ4n) is 1.73. The van der Waals surface area contributed by atoms with Crippen molar-refractivity contribution in [3.05, 3.63) is 53.3 Å². The van der Waals surface area contributed by atoms with Gasteiger partial charge in [0.05, 0.1) is 16.9 Å². The summed E-state index contributed by atoms with van der Waals surface area (Å²) >= 11 is 0. The molecule has 0 saturated heterocycles. The van der Waals surface area contributed by atoms with Gasteiger partial charge in [-0.3, -0.25) is 14.4 Å². The van der Waals surface area contributed by atoms with E-state index in [9.17, 15) is 14.4 Å². The molecule has 0 saturated carbocycles. The zero-order chi connectivity index (χ0) is 14.7. The Morgan fingerprint density at radius 1 is 1.05 bits per heavy atom. The molecular formula is C14H13N3O3. The first-order valence-electron chi connectivity index (χ1n) is 5.89. The minimum atomic E-state index is -0.628. The molecule has 1 aromatic carbocycles. The van der Waals surface area contributed by atoms with Crippen LogP contribution in [-0.2, 0) is 0 Å². The van der Waals surface area contributed by atoms with Crippen LogP contribution < -0.4 is 11.1 Å². The van der Waals surface area contributed by atoms with Crippen LogP contribution in [0, 0.1) is 0 Å². The van der Waals surface area contributed by atoms with Crippen molar-refractivity contribution >= 4 is 23.3 Å². The molecule has 2 rings (SSSR count). The fourth-order valence-corrected chi connectivity index (χ4v) is 1.73. The van der Waals surface area contributed by atoms with Gasteiger partial charge in [-0.2, -0.15) is 0 Å². The number of aromatic amines is 1. The van der Waals surface area contributed by atoms with Crippen molar-refractivity contribution in [2.45, 2.75) is 6.92 Å². The molecule has 0 radical (unpaired) electrons. The minimum absolute atomic E-state index is 0.165. The number of H-pyrrole nitrogens is 1. The van der Waals surface area contributed by atoms with E-state index in [2.05, 4.69) is 10.3 Å². The quantitative estimate of drug-likeness (QED) is 0.735. The second-order valence-corrected chi connectivity index (χ2v) is 4.21. The topological polar surface area (TPSA) is 105 Å². The number of anilines is 1. The Bertz CT molecular complexity index is 688. The number of carbonyl (C=O) groups is 3. The Labute approximate surface area is 115 Å². The lowest BCUT2D eigenvalue weighted by Gasteiger charge is -2.07. The molecule has 2 aromatic rings. The van der Waals surface area contributed by atoms with E-state index in [-0.39, 0.29) is 17.0 Å². The number of hydrogen-bond donors (Lipinski definition) is 3. The SMILES string of the molecule is CC(=O)c1ccc(C(=O)Nc2ccccc2C(N)=O)[nH]1. The molecule has 6 nitrogen and oxygen atoms in total. The number of benzene rings is 1. The summed E-state index contributed by atoms with van der Waals surface area (Å²) in [5.41, 5.74) is 6.35. The van der Waals surface area contributed by atoms with E-state index in [1.54, 1.807) is 18.2 Å². The van der Waals surface area contributed by atoms with Crippen molar-refractivity contribution in [1.82, 2.24) is 4.98 Å². The number of para-hydroxylation sites is 1. The van der Waals surface area contributed by atoms with Crippen LogP contribution in [0.1, 0.15) is 38.3 Å². The van der Waals surface area contributed by atoms with Gasteiger partial charge in [0.25, 0.3) is 11.8 Å². The number of primary amides is 1. The lowest BCUT2D eigenvalue weighted by molar-refractivity contribution is 0.0996. The third kappa shape index (κ3) is 2.74. The molecule has 0 atom stereocenters. The molecule has 0 fully saturated rings. The molecule has 20 heavy (non-hydrogen) atoms. The van der Waals surface area contributed by atoms with Gasteiger partial charge in [-0.1, -0.05) is 12.1 Å². The van der Waals surface area contributed by atoms with Crippen molar-refractivity contribution in [1.29, 1.82) is 0 Å². The maximum absolute atomic E-state index is 12.0. The van der Waals surface area contributed by atoms with Crippen molar-refractivity contribution in [3.63, 3.8) is 0 Å². The van der Waals surface area contributed by atoms with Gasteiger partial charge in [0.1, 0.15) is 5.69 Å². The van der Waals surface area contributed by atoms with Crippen molar-refractivity contribution in [2.24, 2.45) is 5.73 Å². The molecule has 1 aromatic heterocycles. The van der Waals surface area contributed by atoms with Gasteiger partial charge >= 0.3 is 0 Å². The fraction of sp³-hybridized carbons (Fsp3) is 0.0714. The van der Waals surface area contributed by atoms with E-state index in [0.29, 0.717) is 11.4 Å². The van der Waals surface area contributed by atoms with Crippen molar-refractivity contribution in [2.75, 3.05) is 5.32 Å². The smallest absolute Gasteiger partial charge is 0.272 e. The molecule has 1 heterocycles. The normalized spacial score (nSPS) is 10.1. The lowest BCUT2D eigenvalue weighted by Crippen LogP contribution is -2.18. The number of hydrogen-bond acceptors (Lipinski definition) is 3. The highest BCUT2D eigenvalue weighted by Crippen LogP contribution is 2.15. The van der Waals surface area contributed by atoms with Crippen LogP contribution in [0.5, 0.6) is 0 Å². The number of rotatable bonds is 4. The average Bonchev–Trinajstić information content (AvgIpc) is 2.89.